The number of aromatic nitrogens is 1. The number of hydrogen-bond donors (Lipinski definition) is 1. The molecule has 1 unspecified atom stereocenters. The van der Waals surface area contributed by atoms with Crippen molar-refractivity contribution in [1.29, 1.82) is 0 Å². The minimum Gasteiger partial charge on any atom is -0.474 e. The van der Waals surface area contributed by atoms with Crippen molar-refractivity contribution in [3.8, 4) is 5.88 Å². The van der Waals surface area contributed by atoms with Crippen LogP contribution in [0.3, 0.4) is 0 Å². The van der Waals surface area contributed by atoms with E-state index in [1.54, 1.807) is 18.3 Å². The lowest BCUT2D eigenvalue weighted by Gasteiger charge is -2.26. The molecule has 0 spiro atoms. The summed E-state index contributed by atoms with van der Waals surface area (Å²) in [5, 5.41) is 3.16. The van der Waals surface area contributed by atoms with Crippen molar-refractivity contribution < 1.29 is 14.3 Å². The van der Waals surface area contributed by atoms with Crippen LogP contribution in [0.25, 0.3) is 0 Å². The maximum Gasteiger partial charge on any atom is 0.253 e. The number of carbonyl (C=O) groups is 1. The third kappa shape index (κ3) is 3.88. The van der Waals surface area contributed by atoms with E-state index in [4.69, 9.17) is 9.47 Å². The highest BCUT2D eigenvalue weighted by molar-refractivity contribution is 5.94. The number of fused-ring (bicyclic) bond motifs is 1. The number of hydrogen-bond acceptors (Lipinski definition) is 4. The van der Waals surface area contributed by atoms with E-state index in [-0.39, 0.29) is 18.1 Å². The zero-order valence-corrected chi connectivity index (χ0v) is 14.8. The smallest absolute Gasteiger partial charge is 0.253 e. The third-order valence-corrected chi connectivity index (χ3v) is 5.13. The van der Waals surface area contributed by atoms with Crippen LogP contribution in [-0.4, -0.2) is 30.2 Å². The van der Waals surface area contributed by atoms with Crippen LogP contribution in [0.4, 0.5) is 0 Å². The van der Waals surface area contributed by atoms with E-state index < -0.39 is 0 Å². The van der Waals surface area contributed by atoms with E-state index in [1.807, 2.05) is 6.07 Å². The number of amides is 1. The van der Waals surface area contributed by atoms with Crippen LogP contribution in [0.15, 0.2) is 42.6 Å². The largest absolute Gasteiger partial charge is 0.474 e. The van der Waals surface area contributed by atoms with Crippen LogP contribution in [0, 0.1) is 0 Å². The third-order valence-electron chi connectivity index (χ3n) is 5.13. The number of ether oxygens (including phenoxy) is 2. The Morgan fingerprint density at radius 1 is 1.12 bits per heavy atom. The molecule has 26 heavy (non-hydrogen) atoms. The summed E-state index contributed by atoms with van der Waals surface area (Å²) >= 11 is 0. The number of rotatable bonds is 4. The van der Waals surface area contributed by atoms with Crippen LogP contribution < -0.4 is 10.1 Å². The summed E-state index contributed by atoms with van der Waals surface area (Å²) in [6.45, 7) is 1.46. The van der Waals surface area contributed by atoms with Gasteiger partial charge in [-0.1, -0.05) is 24.3 Å². The van der Waals surface area contributed by atoms with Crippen molar-refractivity contribution in [3.05, 3.63) is 59.3 Å². The Labute approximate surface area is 153 Å². The summed E-state index contributed by atoms with van der Waals surface area (Å²) in [5.74, 6) is 0.480. The monoisotopic (exact) mass is 352 g/mol. The molecule has 0 bridgehead atoms. The molecular formula is C21H24N2O3. The number of pyridine rings is 1. The van der Waals surface area contributed by atoms with E-state index in [0.717, 1.165) is 45.3 Å². The molecule has 136 valence electrons. The molecule has 1 fully saturated rings. The van der Waals surface area contributed by atoms with E-state index in [2.05, 4.69) is 28.5 Å². The van der Waals surface area contributed by atoms with Gasteiger partial charge < -0.3 is 14.8 Å². The van der Waals surface area contributed by atoms with Gasteiger partial charge in [-0.3, -0.25) is 4.79 Å². The van der Waals surface area contributed by atoms with Crippen molar-refractivity contribution in [1.82, 2.24) is 10.3 Å². The highest BCUT2D eigenvalue weighted by atomic mass is 16.5. The first-order valence-electron chi connectivity index (χ1n) is 9.39. The Kier molecular flexibility index (Phi) is 5.16. The molecule has 4 rings (SSSR count). The van der Waals surface area contributed by atoms with Gasteiger partial charge in [-0.05, 0) is 36.5 Å². The van der Waals surface area contributed by atoms with Gasteiger partial charge >= 0.3 is 0 Å². The Balaban J connectivity index is 1.39. The Morgan fingerprint density at radius 3 is 2.77 bits per heavy atom. The molecule has 1 amide bonds. The molecule has 1 atom stereocenters. The van der Waals surface area contributed by atoms with Gasteiger partial charge in [0.15, 0.2) is 0 Å². The molecular weight excluding hydrogens is 328 g/mol. The first kappa shape index (κ1) is 17.0. The predicted molar refractivity (Wildman–Crippen MR) is 98.3 cm³/mol. The van der Waals surface area contributed by atoms with E-state index in [1.165, 1.54) is 11.1 Å². The van der Waals surface area contributed by atoms with Gasteiger partial charge in [-0.25, -0.2) is 4.98 Å². The maximum atomic E-state index is 12.6. The van der Waals surface area contributed by atoms with Gasteiger partial charge in [-0.15, -0.1) is 0 Å². The molecule has 1 saturated heterocycles. The summed E-state index contributed by atoms with van der Waals surface area (Å²) in [6.07, 6.45) is 6.66. The minimum atomic E-state index is -0.0863. The number of nitrogens with zero attached hydrogens (tertiary/aromatic N) is 1. The van der Waals surface area contributed by atoms with E-state index in [0.29, 0.717) is 11.4 Å². The quantitative estimate of drug-likeness (QED) is 0.916. The summed E-state index contributed by atoms with van der Waals surface area (Å²) in [7, 11) is 0. The van der Waals surface area contributed by atoms with Gasteiger partial charge in [0, 0.05) is 25.1 Å². The van der Waals surface area contributed by atoms with Crippen LogP contribution in [-0.2, 0) is 11.2 Å². The maximum absolute atomic E-state index is 12.6. The zero-order valence-electron chi connectivity index (χ0n) is 14.8. The number of carbonyl (C=O) groups excluding carboxylic acids is 1. The predicted octanol–water partition coefficient (Wildman–Crippen LogP) is 3.45. The molecule has 0 saturated carbocycles. The van der Waals surface area contributed by atoms with E-state index in [9.17, 15) is 4.79 Å². The first-order valence-corrected chi connectivity index (χ1v) is 9.39. The molecule has 2 aliphatic rings. The molecule has 1 aromatic heterocycles. The molecule has 2 heterocycles. The van der Waals surface area contributed by atoms with E-state index >= 15 is 0 Å². The second kappa shape index (κ2) is 7.87. The summed E-state index contributed by atoms with van der Waals surface area (Å²) < 4.78 is 11.2. The number of aryl methyl sites for hydroxylation is 1. The molecule has 0 radical (unpaired) electrons. The van der Waals surface area contributed by atoms with Crippen molar-refractivity contribution in [2.75, 3.05) is 13.2 Å². The summed E-state index contributed by atoms with van der Waals surface area (Å²) in [6, 6.07) is 12.0. The lowest BCUT2D eigenvalue weighted by Crippen LogP contribution is -2.31. The van der Waals surface area contributed by atoms with Crippen molar-refractivity contribution in [3.63, 3.8) is 0 Å². The average molecular weight is 352 g/mol. The van der Waals surface area contributed by atoms with Gasteiger partial charge in [0.2, 0.25) is 5.88 Å². The first-order chi connectivity index (χ1) is 12.8. The molecule has 5 heteroatoms. The molecule has 1 N–H and O–H groups in total. The Morgan fingerprint density at radius 2 is 1.96 bits per heavy atom. The number of nitrogens with one attached hydrogen (secondary N) is 1. The molecule has 1 aromatic carbocycles. The second-order valence-electron chi connectivity index (χ2n) is 6.93. The van der Waals surface area contributed by atoms with Crippen molar-refractivity contribution in [2.45, 2.75) is 44.2 Å². The van der Waals surface area contributed by atoms with Gasteiger partial charge in [0.05, 0.1) is 24.8 Å². The Bertz CT molecular complexity index is 754. The molecule has 2 aromatic rings. The lowest BCUT2D eigenvalue weighted by atomic mass is 9.87. The number of benzene rings is 1. The summed E-state index contributed by atoms with van der Waals surface area (Å²) in [5.41, 5.74) is 3.13. The standard InChI is InChI=1S/C21H24N2O3/c24-21(23-19-7-3-5-15-4-1-2-6-18(15)19)16-8-9-20(22-14-16)26-17-10-12-25-13-11-17/h1-2,4,6,8-9,14,17,19H,3,5,7,10-13H2,(H,23,24). The fraction of sp³-hybridized carbons (Fsp3) is 0.429. The Hall–Kier alpha value is -2.40. The van der Waals surface area contributed by atoms with Crippen LogP contribution in [0.1, 0.15) is 53.2 Å². The lowest BCUT2D eigenvalue weighted by molar-refractivity contribution is 0.0237. The van der Waals surface area contributed by atoms with Crippen LogP contribution in [0.2, 0.25) is 0 Å². The highest BCUT2D eigenvalue weighted by Crippen LogP contribution is 2.29. The van der Waals surface area contributed by atoms with Gasteiger partial charge in [0.1, 0.15) is 6.10 Å². The molecule has 5 nitrogen and oxygen atoms in total. The van der Waals surface area contributed by atoms with Crippen LogP contribution in [0.5, 0.6) is 5.88 Å². The van der Waals surface area contributed by atoms with Crippen LogP contribution >= 0.6 is 0 Å². The highest BCUT2D eigenvalue weighted by Gasteiger charge is 2.22. The average Bonchev–Trinajstić information content (AvgIpc) is 2.70. The summed E-state index contributed by atoms with van der Waals surface area (Å²) in [4.78, 5) is 16.9. The fourth-order valence-corrected chi connectivity index (χ4v) is 3.69. The topological polar surface area (TPSA) is 60.5 Å². The minimum absolute atomic E-state index is 0.0746. The van der Waals surface area contributed by atoms with Crippen molar-refractivity contribution >= 4 is 5.91 Å². The second-order valence-corrected chi connectivity index (χ2v) is 6.93. The van der Waals surface area contributed by atoms with Gasteiger partial charge in [-0.2, -0.15) is 0 Å². The SMILES string of the molecule is O=C(NC1CCCc2ccccc21)c1ccc(OC2CCOCC2)nc1. The zero-order chi connectivity index (χ0) is 17.8. The van der Waals surface area contributed by atoms with Crippen molar-refractivity contribution in [2.24, 2.45) is 0 Å². The molecule has 1 aliphatic heterocycles. The molecule has 1 aliphatic carbocycles. The normalized spacial score (nSPS) is 20.2. The van der Waals surface area contributed by atoms with Gasteiger partial charge in [0.25, 0.3) is 5.91 Å². The fourth-order valence-electron chi connectivity index (χ4n) is 3.69.